The van der Waals surface area contributed by atoms with Crippen LogP contribution >= 0.6 is 0 Å². The molecule has 2 atom stereocenters. The number of hydrogen-bond donors (Lipinski definition) is 5. The van der Waals surface area contributed by atoms with Crippen molar-refractivity contribution in [3.8, 4) is 12.8 Å². The molecule has 6 N–H and O–H groups in total. The van der Waals surface area contributed by atoms with E-state index in [2.05, 4.69) is 77.5 Å². The van der Waals surface area contributed by atoms with Gasteiger partial charge in [0, 0.05) is 52.7 Å². The lowest BCUT2D eigenvalue weighted by Gasteiger charge is -2.32. The van der Waals surface area contributed by atoms with Crippen molar-refractivity contribution in [2.75, 3.05) is 53.4 Å². The molecular formula is C50H80N10O10. The van der Waals surface area contributed by atoms with Gasteiger partial charge in [0.15, 0.2) is 0 Å². The van der Waals surface area contributed by atoms with E-state index in [0.29, 0.717) is 18.0 Å². The van der Waals surface area contributed by atoms with Gasteiger partial charge < -0.3 is 46.4 Å². The van der Waals surface area contributed by atoms with Crippen molar-refractivity contribution < 1.29 is 47.9 Å². The number of likely N-dealkylation sites (N-methyl/N-ethyl adjacent to an activating group) is 1. The third-order valence-corrected chi connectivity index (χ3v) is 9.64. The number of carbonyl (C=O) groups excluding carboxylic acids is 9. The molecule has 1 aliphatic heterocycles. The van der Waals surface area contributed by atoms with Gasteiger partial charge in [0.1, 0.15) is 23.4 Å². The Morgan fingerprint density at radius 3 is 1.93 bits per heavy atom. The van der Waals surface area contributed by atoms with Crippen LogP contribution in [-0.4, -0.2) is 144 Å². The minimum atomic E-state index is -1.00. The molecule has 8 amide bonds. The fraction of sp³-hybridized carbons (Fsp3) is 0.580. The maximum Gasteiger partial charge on any atom is 0.410 e. The van der Waals surface area contributed by atoms with Crippen molar-refractivity contribution in [1.82, 2.24) is 45.9 Å². The van der Waals surface area contributed by atoms with Gasteiger partial charge in [-0.05, 0) is 70.8 Å². The summed E-state index contributed by atoms with van der Waals surface area (Å²) in [6.45, 7) is 18.2. The molecule has 2 fully saturated rings. The van der Waals surface area contributed by atoms with E-state index in [1.807, 2.05) is 32.6 Å². The van der Waals surface area contributed by atoms with Crippen LogP contribution in [0, 0.1) is 24.7 Å². The molecule has 0 spiro atoms. The lowest BCUT2D eigenvalue weighted by atomic mass is 9.83. The standard InChI is InChI=1S/C17H24N4O2.C16H20N4O5.C11H23NO2.C3H8.C2H2.CH3NO/c22-16(14-12-18-8-9-19-14)20-15(13-6-2-1-3-7-13)17(23)21-10-4-5-11-21;1-20(2)16(25)14(11-6-4-3-5-7-11)19-13(23)9-18-15(24)12(22)8-17-10-21;1-7-12(8-9(2)3)10(13)14-11(4,5)6;1-3-2;1-2;2-1-3/h8-9,12-13,15H,1-7,10-11H2,(H,20,22);3-7,10,14H,8-9H2,1-2H3,(H,17,21)(H,18,24)(H,19,23);9H,7-8H2,1-6H3;3H2,1-2H3;1-2H;1H,(H2,2,3)/t;14-;;;;/m.0..../s1. The fourth-order valence-electron chi connectivity index (χ4n) is 6.59. The van der Waals surface area contributed by atoms with Crippen LogP contribution in [0.4, 0.5) is 4.79 Å². The smallest absolute Gasteiger partial charge is 0.410 e. The minimum absolute atomic E-state index is 0.0756. The Labute approximate surface area is 415 Å². The summed E-state index contributed by atoms with van der Waals surface area (Å²) in [5.41, 5.74) is 4.62. The second kappa shape index (κ2) is 38.0. The lowest BCUT2D eigenvalue weighted by Crippen LogP contribution is -2.52. The molecule has 1 saturated carbocycles. The normalized spacial score (nSPS) is 13.4. The van der Waals surface area contributed by atoms with Crippen LogP contribution in [0.2, 0.25) is 0 Å². The Morgan fingerprint density at radius 1 is 0.886 bits per heavy atom. The van der Waals surface area contributed by atoms with Gasteiger partial charge in [0.05, 0.1) is 19.3 Å². The van der Waals surface area contributed by atoms with Gasteiger partial charge in [-0.3, -0.25) is 43.3 Å². The summed E-state index contributed by atoms with van der Waals surface area (Å²) < 4.78 is 5.28. The van der Waals surface area contributed by atoms with E-state index in [0.717, 1.165) is 58.2 Å². The molecule has 1 aromatic carbocycles. The number of nitrogens with two attached hydrogens (primary N) is 1. The van der Waals surface area contributed by atoms with Crippen LogP contribution < -0.4 is 27.0 Å². The zero-order chi connectivity index (χ0) is 53.7. The number of benzene rings is 1. The van der Waals surface area contributed by atoms with E-state index in [1.54, 1.807) is 49.3 Å². The maximum absolute atomic E-state index is 12.9. The molecule has 390 valence electrons. The number of carbonyl (C=O) groups is 9. The molecule has 2 aromatic rings. The highest BCUT2D eigenvalue weighted by Gasteiger charge is 2.35. The number of nitrogens with zero attached hydrogens (tertiary/aromatic N) is 5. The highest BCUT2D eigenvalue weighted by molar-refractivity contribution is 6.37. The highest BCUT2D eigenvalue weighted by atomic mass is 16.6. The van der Waals surface area contributed by atoms with E-state index in [1.165, 1.54) is 36.3 Å². The molecule has 2 heterocycles. The monoisotopic (exact) mass is 981 g/mol. The summed E-state index contributed by atoms with van der Waals surface area (Å²) in [6, 6.07) is 7.30. The van der Waals surface area contributed by atoms with Crippen molar-refractivity contribution in [3.63, 3.8) is 0 Å². The van der Waals surface area contributed by atoms with E-state index in [4.69, 9.17) is 9.53 Å². The topological polar surface area (TPSA) is 272 Å². The van der Waals surface area contributed by atoms with Crippen molar-refractivity contribution in [3.05, 3.63) is 60.2 Å². The molecule has 20 heteroatoms. The lowest BCUT2D eigenvalue weighted by molar-refractivity contribution is -0.138. The summed E-state index contributed by atoms with van der Waals surface area (Å²) >= 11 is 0. The van der Waals surface area contributed by atoms with Gasteiger partial charge in [-0.1, -0.05) is 83.7 Å². The Kier molecular flexibility index (Phi) is 35.4. The molecule has 1 aromatic heterocycles. The van der Waals surface area contributed by atoms with Gasteiger partial charge in [-0.15, -0.1) is 12.8 Å². The Hall–Kier alpha value is -6.91. The summed E-state index contributed by atoms with van der Waals surface area (Å²) in [5, 5.41) is 9.66. The van der Waals surface area contributed by atoms with E-state index in [9.17, 15) is 38.4 Å². The molecule has 1 unspecified atom stereocenters. The predicted molar refractivity (Wildman–Crippen MR) is 268 cm³/mol. The van der Waals surface area contributed by atoms with Gasteiger partial charge in [-0.25, -0.2) is 9.78 Å². The fourth-order valence-corrected chi connectivity index (χ4v) is 6.59. The molecule has 2 aliphatic rings. The van der Waals surface area contributed by atoms with E-state index in [-0.39, 0.29) is 48.2 Å². The average molecular weight is 981 g/mol. The predicted octanol–water partition coefficient (Wildman–Crippen LogP) is 3.81. The molecular weight excluding hydrogens is 901 g/mol. The summed E-state index contributed by atoms with van der Waals surface area (Å²) in [7, 11) is 3.12. The second-order valence-corrected chi connectivity index (χ2v) is 17.5. The zero-order valence-corrected chi connectivity index (χ0v) is 43.0. The molecule has 1 aliphatic carbocycles. The third kappa shape index (κ3) is 28.4. The summed E-state index contributed by atoms with van der Waals surface area (Å²) in [5.74, 6) is -2.37. The first-order chi connectivity index (χ1) is 33.2. The Bertz CT molecular complexity index is 1860. The molecule has 4 rings (SSSR count). The van der Waals surface area contributed by atoms with Gasteiger partial charge in [0.25, 0.3) is 11.8 Å². The van der Waals surface area contributed by atoms with Crippen molar-refractivity contribution >= 4 is 54.2 Å². The molecule has 1 saturated heterocycles. The molecule has 0 bridgehead atoms. The van der Waals surface area contributed by atoms with Crippen LogP contribution in [0.25, 0.3) is 0 Å². The quantitative estimate of drug-likeness (QED) is 0.0913. The minimum Gasteiger partial charge on any atom is -0.444 e. The number of ketones is 1. The highest BCUT2D eigenvalue weighted by Crippen LogP contribution is 2.28. The van der Waals surface area contributed by atoms with E-state index < -0.39 is 48.4 Å². The molecule has 0 radical (unpaired) electrons. The number of nitrogens with one attached hydrogen (secondary N) is 4. The van der Waals surface area contributed by atoms with Crippen LogP contribution in [0.15, 0.2) is 48.9 Å². The summed E-state index contributed by atoms with van der Waals surface area (Å²) in [4.78, 5) is 116. The number of hydrogen-bond acceptors (Lipinski definition) is 12. The maximum atomic E-state index is 12.9. The van der Waals surface area contributed by atoms with Crippen LogP contribution in [-0.2, 0) is 38.3 Å². The van der Waals surface area contributed by atoms with Crippen LogP contribution in [0.3, 0.4) is 0 Å². The zero-order valence-electron chi connectivity index (χ0n) is 43.0. The number of ether oxygens (including phenoxy) is 1. The number of Topliss-reactive ketones (excluding diaryl/α,β-unsaturated/α-hetero) is 1. The first-order valence-electron chi connectivity index (χ1n) is 23.6. The Morgan fingerprint density at radius 2 is 1.46 bits per heavy atom. The SMILES string of the molecule is C#C.CCC.CCN(CC(C)C)C(=O)OC(C)(C)C.CN(C)C(=O)[C@@H](NC(=O)CNC(=O)C(=O)CNC=O)c1ccccc1.NC=O.O=C(NC(C(=O)N1CCCC1)C1CCCCC1)c1cnccn1. The number of rotatable bonds is 16. The van der Waals surface area contributed by atoms with Gasteiger partial charge in [0.2, 0.25) is 36.3 Å². The van der Waals surface area contributed by atoms with Crippen molar-refractivity contribution in [2.45, 2.75) is 124 Å². The third-order valence-electron chi connectivity index (χ3n) is 9.64. The average Bonchev–Trinajstić information content (AvgIpc) is 3.89. The number of aromatic nitrogens is 2. The largest absolute Gasteiger partial charge is 0.444 e. The number of primary amides is 1. The van der Waals surface area contributed by atoms with Gasteiger partial charge in [-0.2, -0.15) is 0 Å². The van der Waals surface area contributed by atoms with Crippen molar-refractivity contribution in [2.24, 2.45) is 17.6 Å². The van der Waals surface area contributed by atoms with Crippen LogP contribution in [0.5, 0.6) is 0 Å². The van der Waals surface area contributed by atoms with E-state index >= 15 is 0 Å². The summed E-state index contributed by atoms with van der Waals surface area (Å²) in [6.07, 6.45) is 21.6. The van der Waals surface area contributed by atoms with Crippen molar-refractivity contribution in [1.29, 1.82) is 0 Å². The number of likely N-dealkylation sites (tertiary alicyclic amines) is 1. The van der Waals surface area contributed by atoms with Gasteiger partial charge >= 0.3 is 6.09 Å². The first kappa shape index (κ1) is 65.2. The first-order valence-corrected chi connectivity index (χ1v) is 23.6. The van der Waals surface area contributed by atoms with Crippen LogP contribution in [0.1, 0.15) is 129 Å². The molecule has 70 heavy (non-hydrogen) atoms. The Balaban J connectivity index is 0. The number of amides is 8. The second-order valence-electron chi connectivity index (χ2n) is 17.5. The number of terminal acetylenes is 1. The molecule has 20 nitrogen and oxygen atoms in total.